The van der Waals surface area contributed by atoms with Gasteiger partial charge in [-0.1, -0.05) is 25.4 Å². The number of hydrogen-bond acceptors (Lipinski definition) is 4. The van der Waals surface area contributed by atoms with E-state index in [-0.39, 0.29) is 12.6 Å². The topological polar surface area (TPSA) is 58.0 Å². The number of anilines is 1. The molecule has 0 unspecified atom stereocenters. The molecule has 1 aromatic rings. The average Bonchev–Trinajstić information content (AvgIpc) is 2.20. The molecule has 0 aliphatic heterocycles. The summed E-state index contributed by atoms with van der Waals surface area (Å²) in [7, 11) is 0. The Kier molecular flexibility index (Phi) is 4.50. The van der Waals surface area contributed by atoms with Gasteiger partial charge in [0.05, 0.1) is 12.6 Å². The van der Waals surface area contributed by atoms with Crippen molar-refractivity contribution in [3.05, 3.63) is 16.5 Å². The zero-order chi connectivity index (χ0) is 12.3. The van der Waals surface area contributed by atoms with Crippen LogP contribution in [0.1, 0.15) is 25.2 Å². The molecule has 0 radical (unpaired) electrons. The normalized spacial score (nSPS) is 12.9. The number of rotatable bonds is 4. The van der Waals surface area contributed by atoms with Crippen molar-refractivity contribution in [3.63, 3.8) is 0 Å². The summed E-state index contributed by atoms with van der Waals surface area (Å²) < 4.78 is 0. The Morgan fingerprint density at radius 3 is 2.44 bits per heavy atom. The Morgan fingerprint density at radius 1 is 1.31 bits per heavy atom. The third-order valence-electron chi connectivity index (χ3n) is 2.52. The average molecular weight is 244 g/mol. The van der Waals surface area contributed by atoms with E-state index >= 15 is 0 Å². The van der Waals surface area contributed by atoms with E-state index in [1.165, 1.54) is 0 Å². The maximum Gasteiger partial charge on any atom is 0.137 e. The van der Waals surface area contributed by atoms with Crippen molar-refractivity contribution in [2.24, 2.45) is 5.92 Å². The Balaban J connectivity index is 2.96. The van der Waals surface area contributed by atoms with Crippen molar-refractivity contribution in [3.8, 4) is 0 Å². The van der Waals surface area contributed by atoms with Gasteiger partial charge in [0.1, 0.15) is 16.8 Å². The first kappa shape index (κ1) is 13.2. The van der Waals surface area contributed by atoms with Crippen molar-refractivity contribution in [2.45, 2.75) is 33.7 Å². The van der Waals surface area contributed by atoms with E-state index < -0.39 is 0 Å². The van der Waals surface area contributed by atoms with Crippen LogP contribution in [0.5, 0.6) is 0 Å². The van der Waals surface area contributed by atoms with Crippen LogP contribution in [0.3, 0.4) is 0 Å². The van der Waals surface area contributed by atoms with Gasteiger partial charge in [0.25, 0.3) is 0 Å². The van der Waals surface area contributed by atoms with Crippen molar-refractivity contribution in [1.29, 1.82) is 0 Å². The molecule has 1 heterocycles. The monoisotopic (exact) mass is 243 g/mol. The van der Waals surface area contributed by atoms with Crippen LogP contribution in [0.25, 0.3) is 0 Å². The molecule has 0 saturated heterocycles. The van der Waals surface area contributed by atoms with E-state index in [4.69, 9.17) is 11.6 Å². The van der Waals surface area contributed by atoms with Crippen LogP contribution in [0, 0.1) is 19.8 Å². The minimum atomic E-state index is -0.0240. The summed E-state index contributed by atoms with van der Waals surface area (Å²) >= 11 is 5.97. The molecule has 0 saturated carbocycles. The molecule has 0 amide bonds. The van der Waals surface area contributed by atoms with Gasteiger partial charge in [0.2, 0.25) is 0 Å². The summed E-state index contributed by atoms with van der Waals surface area (Å²) in [4.78, 5) is 8.35. The van der Waals surface area contributed by atoms with E-state index in [0.29, 0.717) is 22.7 Å². The van der Waals surface area contributed by atoms with Gasteiger partial charge in [-0.25, -0.2) is 9.97 Å². The molecule has 90 valence electrons. The van der Waals surface area contributed by atoms with Gasteiger partial charge in [-0.05, 0) is 19.8 Å². The zero-order valence-electron chi connectivity index (χ0n) is 10.1. The summed E-state index contributed by atoms with van der Waals surface area (Å²) in [6.07, 6.45) is 0. The smallest absolute Gasteiger partial charge is 0.137 e. The Hall–Kier alpha value is -0.870. The Bertz CT molecular complexity index is 368. The highest BCUT2D eigenvalue weighted by atomic mass is 35.5. The molecule has 1 rings (SSSR count). The summed E-state index contributed by atoms with van der Waals surface area (Å²) in [6, 6.07) is -0.0240. The molecule has 0 aliphatic rings. The molecular weight excluding hydrogens is 226 g/mol. The van der Waals surface area contributed by atoms with E-state index in [1.54, 1.807) is 6.92 Å². The fourth-order valence-corrected chi connectivity index (χ4v) is 1.55. The lowest BCUT2D eigenvalue weighted by atomic mass is 10.1. The van der Waals surface area contributed by atoms with Crippen LogP contribution in [0.4, 0.5) is 5.82 Å². The molecule has 1 atom stereocenters. The maximum absolute atomic E-state index is 9.25. The Morgan fingerprint density at radius 2 is 1.94 bits per heavy atom. The lowest BCUT2D eigenvalue weighted by Crippen LogP contribution is -2.30. The van der Waals surface area contributed by atoms with Crippen molar-refractivity contribution in [1.82, 2.24) is 9.97 Å². The summed E-state index contributed by atoms with van der Waals surface area (Å²) in [5.41, 5.74) is 0.811. The van der Waals surface area contributed by atoms with Crippen LogP contribution in [0.15, 0.2) is 0 Å². The molecule has 16 heavy (non-hydrogen) atoms. The lowest BCUT2D eigenvalue weighted by Gasteiger charge is -2.21. The highest BCUT2D eigenvalue weighted by Gasteiger charge is 2.15. The van der Waals surface area contributed by atoms with Gasteiger partial charge in [-0.2, -0.15) is 0 Å². The molecule has 0 aromatic carbocycles. The molecule has 2 N–H and O–H groups in total. The highest BCUT2D eigenvalue weighted by Crippen LogP contribution is 2.21. The van der Waals surface area contributed by atoms with Crippen LogP contribution in [-0.2, 0) is 0 Å². The first-order chi connectivity index (χ1) is 7.45. The third kappa shape index (κ3) is 3.06. The lowest BCUT2D eigenvalue weighted by molar-refractivity contribution is 0.249. The quantitative estimate of drug-likeness (QED) is 0.796. The number of aryl methyl sites for hydroxylation is 1. The van der Waals surface area contributed by atoms with Crippen molar-refractivity contribution >= 4 is 17.4 Å². The molecule has 5 heteroatoms. The number of hydrogen-bond donors (Lipinski definition) is 2. The first-order valence-electron chi connectivity index (χ1n) is 5.33. The number of nitrogens with zero attached hydrogens (tertiary/aromatic N) is 2. The number of aliphatic hydroxyl groups excluding tert-OH is 1. The summed E-state index contributed by atoms with van der Waals surface area (Å²) in [5.74, 6) is 1.64. The molecule has 0 aliphatic carbocycles. The van der Waals surface area contributed by atoms with Crippen LogP contribution < -0.4 is 5.32 Å². The number of nitrogens with one attached hydrogen (secondary N) is 1. The second-order valence-corrected chi connectivity index (χ2v) is 4.57. The van der Waals surface area contributed by atoms with Crippen molar-refractivity contribution in [2.75, 3.05) is 11.9 Å². The number of aliphatic hydroxyl groups is 1. The van der Waals surface area contributed by atoms with Crippen LogP contribution in [-0.4, -0.2) is 27.7 Å². The van der Waals surface area contributed by atoms with E-state index in [9.17, 15) is 5.11 Å². The molecule has 0 spiro atoms. The number of aromatic nitrogens is 2. The van der Waals surface area contributed by atoms with E-state index in [2.05, 4.69) is 15.3 Å². The predicted molar refractivity (Wildman–Crippen MR) is 65.9 cm³/mol. The second kappa shape index (κ2) is 5.46. The second-order valence-electron chi connectivity index (χ2n) is 4.21. The first-order valence-corrected chi connectivity index (χ1v) is 5.71. The molecule has 4 nitrogen and oxygen atoms in total. The fourth-order valence-electron chi connectivity index (χ4n) is 1.33. The third-order valence-corrected chi connectivity index (χ3v) is 2.89. The minimum absolute atomic E-state index is 0.0240. The largest absolute Gasteiger partial charge is 0.394 e. The SMILES string of the molecule is Cc1nc(Cl)c(C)c(N[C@H](CO)C(C)C)n1. The standard InChI is InChI=1S/C11H18ClN3O/c1-6(2)9(5-16)15-11-7(3)10(12)13-8(4)14-11/h6,9,16H,5H2,1-4H3,(H,13,14,15)/t9-/m1/s1. The predicted octanol–water partition coefficient (Wildman–Crippen LogP) is 2.18. The van der Waals surface area contributed by atoms with Gasteiger partial charge in [0.15, 0.2) is 0 Å². The van der Waals surface area contributed by atoms with E-state index in [0.717, 1.165) is 5.56 Å². The van der Waals surface area contributed by atoms with Crippen molar-refractivity contribution < 1.29 is 5.11 Å². The summed E-state index contributed by atoms with van der Waals surface area (Å²) in [5, 5.41) is 12.9. The van der Waals surface area contributed by atoms with Gasteiger partial charge in [-0.3, -0.25) is 0 Å². The fraction of sp³-hybridized carbons (Fsp3) is 0.636. The van der Waals surface area contributed by atoms with Gasteiger partial charge in [0, 0.05) is 5.56 Å². The zero-order valence-corrected chi connectivity index (χ0v) is 10.8. The molecule has 0 bridgehead atoms. The minimum Gasteiger partial charge on any atom is -0.394 e. The summed E-state index contributed by atoms with van der Waals surface area (Å²) in [6.45, 7) is 7.80. The van der Waals surface area contributed by atoms with Gasteiger partial charge in [-0.15, -0.1) is 0 Å². The Labute approximate surface area is 101 Å². The van der Waals surface area contributed by atoms with Gasteiger partial charge >= 0.3 is 0 Å². The molecule has 0 fully saturated rings. The molecular formula is C11H18ClN3O. The molecule has 1 aromatic heterocycles. The maximum atomic E-state index is 9.25. The van der Waals surface area contributed by atoms with Gasteiger partial charge < -0.3 is 10.4 Å². The van der Waals surface area contributed by atoms with Crippen LogP contribution >= 0.6 is 11.6 Å². The number of halogens is 1. The highest BCUT2D eigenvalue weighted by molar-refractivity contribution is 6.30. The van der Waals surface area contributed by atoms with Crippen LogP contribution in [0.2, 0.25) is 5.15 Å². The van der Waals surface area contributed by atoms with E-state index in [1.807, 2.05) is 20.8 Å².